The average Bonchev–Trinajstić information content (AvgIpc) is 2.47. The molecule has 2 fully saturated rings. The number of rotatable bonds is 4. The molecule has 0 spiro atoms. The Bertz CT molecular complexity index is 303. The normalized spacial score (nSPS) is 31.1. The van der Waals surface area contributed by atoms with E-state index in [1.54, 1.807) is 0 Å². The Morgan fingerprint density at radius 1 is 1.25 bits per heavy atom. The first-order chi connectivity index (χ1) is 9.66. The van der Waals surface area contributed by atoms with Gasteiger partial charge in [-0.25, -0.2) is 4.79 Å². The smallest absolute Gasteiger partial charge is 0.317 e. The van der Waals surface area contributed by atoms with Crippen LogP contribution in [0.1, 0.15) is 52.4 Å². The highest BCUT2D eigenvalue weighted by atomic mass is 16.5. The van der Waals surface area contributed by atoms with Crippen molar-refractivity contribution in [3.05, 3.63) is 0 Å². The fourth-order valence-electron chi connectivity index (χ4n) is 3.12. The maximum absolute atomic E-state index is 12.1. The van der Waals surface area contributed by atoms with Gasteiger partial charge in [-0.1, -0.05) is 13.8 Å². The summed E-state index contributed by atoms with van der Waals surface area (Å²) in [6.07, 6.45) is 7.35. The molecule has 116 valence electrons. The molecule has 2 rings (SSSR count). The molecule has 0 aromatic rings. The molecule has 2 aliphatic heterocycles. The molecule has 0 radical (unpaired) electrons. The van der Waals surface area contributed by atoms with Crippen LogP contribution in [0.15, 0.2) is 0 Å². The predicted octanol–water partition coefficient (Wildman–Crippen LogP) is 3.02. The lowest BCUT2D eigenvalue weighted by molar-refractivity contribution is 0.0102. The third-order valence-electron chi connectivity index (χ3n) is 4.87. The van der Waals surface area contributed by atoms with Crippen molar-refractivity contribution in [2.45, 2.75) is 58.5 Å². The van der Waals surface area contributed by atoms with Crippen LogP contribution in [-0.4, -0.2) is 43.3 Å². The molecule has 2 saturated heterocycles. The first-order valence-electron chi connectivity index (χ1n) is 8.31. The van der Waals surface area contributed by atoms with Gasteiger partial charge in [0.2, 0.25) is 0 Å². The number of carbonyl (C=O) groups is 1. The second-order valence-electron chi connectivity index (χ2n) is 6.55. The summed E-state index contributed by atoms with van der Waals surface area (Å²) in [7, 11) is 0. The zero-order valence-electron chi connectivity index (χ0n) is 13.1. The summed E-state index contributed by atoms with van der Waals surface area (Å²) >= 11 is 0. The van der Waals surface area contributed by atoms with Crippen LogP contribution in [-0.2, 0) is 4.74 Å². The Labute approximate surface area is 123 Å². The standard InChI is InChI=1S/C16H30N2O2/c1-13-8-10-18(12-14(13)2)16(19)17-9-5-7-15-6-3-4-11-20-15/h13-15H,3-12H2,1-2H3,(H,17,19)/t13-,14-,15-/m1/s1. The molecule has 0 aromatic carbocycles. The Morgan fingerprint density at radius 3 is 2.80 bits per heavy atom. The Kier molecular flexibility index (Phi) is 6.14. The molecule has 0 aromatic heterocycles. The molecule has 2 heterocycles. The van der Waals surface area contributed by atoms with Gasteiger partial charge in [0, 0.05) is 26.2 Å². The highest BCUT2D eigenvalue weighted by Crippen LogP contribution is 2.22. The van der Waals surface area contributed by atoms with Crippen LogP contribution in [0.25, 0.3) is 0 Å². The van der Waals surface area contributed by atoms with E-state index in [1.807, 2.05) is 4.90 Å². The van der Waals surface area contributed by atoms with Gasteiger partial charge in [0.15, 0.2) is 0 Å². The van der Waals surface area contributed by atoms with E-state index in [9.17, 15) is 4.79 Å². The minimum Gasteiger partial charge on any atom is -0.378 e. The summed E-state index contributed by atoms with van der Waals surface area (Å²) in [6.45, 7) is 8.02. The summed E-state index contributed by atoms with van der Waals surface area (Å²) in [5.41, 5.74) is 0. The number of hydrogen-bond acceptors (Lipinski definition) is 2. The Hall–Kier alpha value is -0.770. The number of piperidine rings is 1. The molecule has 0 unspecified atom stereocenters. The monoisotopic (exact) mass is 282 g/mol. The number of amides is 2. The quantitative estimate of drug-likeness (QED) is 0.805. The summed E-state index contributed by atoms with van der Waals surface area (Å²) in [6, 6.07) is 0.119. The van der Waals surface area contributed by atoms with Gasteiger partial charge in [-0.05, 0) is 50.4 Å². The summed E-state index contributed by atoms with van der Waals surface area (Å²) in [5.74, 6) is 1.35. The fourth-order valence-corrected chi connectivity index (χ4v) is 3.12. The molecule has 4 heteroatoms. The van der Waals surface area contributed by atoms with Crippen molar-refractivity contribution in [1.82, 2.24) is 10.2 Å². The van der Waals surface area contributed by atoms with E-state index in [0.717, 1.165) is 51.4 Å². The number of hydrogen-bond donors (Lipinski definition) is 1. The number of nitrogens with zero attached hydrogens (tertiary/aromatic N) is 1. The molecule has 2 aliphatic rings. The van der Waals surface area contributed by atoms with Crippen molar-refractivity contribution in [3.8, 4) is 0 Å². The molecular formula is C16H30N2O2. The predicted molar refractivity (Wildman–Crippen MR) is 80.7 cm³/mol. The van der Waals surface area contributed by atoms with Crippen LogP contribution in [0.2, 0.25) is 0 Å². The van der Waals surface area contributed by atoms with Gasteiger partial charge in [0.05, 0.1) is 6.10 Å². The van der Waals surface area contributed by atoms with Gasteiger partial charge >= 0.3 is 6.03 Å². The van der Waals surface area contributed by atoms with E-state index < -0.39 is 0 Å². The van der Waals surface area contributed by atoms with Crippen LogP contribution in [0.4, 0.5) is 4.79 Å². The van der Waals surface area contributed by atoms with Crippen LogP contribution in [0.5, 0.6) is 0 Å². The maximum atomic E-state index is 12.1. The molecule has 4 nitrogen and oxygen atoms in total. The molecule has 20 heavy (non-hydrogen) atoms. The van der Waals surface area contributed by atoms with Gasteiger partial charge in [-0.15, -0.1) is 0 Å². The van der Waals surface area contributed by atoms with Crippen molar-refractivity contribution in [1.29, 1.82) is 0 Å². The van der Waals surface area contributed by atoms with E-state index in [-0.39, 0.29) is 6.03 Å². The fraction of sp³-hybridized carbons (Fsp3) is 0.938. The third kappa shape index (κ3) is 4.65. The number of likely N-dealkylation sites (tertiary alicyclic amines) is 1. The highest BCUT2D eigenvalue weighted by molar-refractivity contribution is 5.74. The van der Waals surface area contributed by atoms with Crippen molar-refractivity contribution >= 4 is 6.03 Å². The van der Waals surface area contributed by atoms with Gasteiger partial charge in [-0.3, -0.25) is 0 Å². The maximum Gasteiger partial charge on any atom is 0.317 e. The van der Waals surface area contributed by atoms with Crippen LogP contribution in [0.3, 0.4) is 0 Å². The highest BCUT2D eigenvalue weighted by Gasteiger charge is 2.25. The molecule has 0 aliphatic carbocycles. The number of ether oxygens (including phenoxy) is 1. The van der Waals surface area contributed by atoms with Gasteiger partial charge in [0.25, 0.3) is 0 Å². The first kappa shape index (κ1) is 15.6. The lowest BCUT2D eigenvalue weighted by atomic mass is 9.89. The minimum absolute atomic E-state index is 0.119. The third-order valence-corrected chi connectivity index (χ3v) is 4.87. The van der Waals surface area contributed by atoms with Crippen LogP contribution < -0.4 is 5.32 Å². The van der Waals surface area contributed by atoms with Gasteiger partial charge in [0.1, 0.15) is 0 Å². The van der Waals surface area contributed by atoms with Crippen molar-refractivity contribution < 1.29 is 9.53 Å². The number of carbonyl (C=O) groups excluding carboxylic acids is 1. The minimum atomic E-state index is 0.119. The Morgan fingerprint density at radius 2 is 2.10 bits per heavy atom. The van der Waals surface area contributed by atoms with Gasteiger partial charge in [-0.2, -0.15) is 0 Å². The van der Waals surface area contributed by atoms with Crippen molar-refractivity contribution in [3.63, 3.8) is 0 Å². The summed E-state index contributed by atoms with van der Waals surface area (Å²) < 4.78 is 5.70. The lowest BCUT2D eigenvalue weighted by Crippen LogP contribution is -2.47. The van der Waals surface area contributed by atoms with E-state index >= 15 is 0 Å². The van der Waals surface area contributed by atoms with Crippen LogP contribution in [0, 0.1) is 11.8 Å². The molecule has 1 N–H and O–H groups in total. The summed E-state index contributed by atoms with van der Waals surface area (Å²) in [4.78, 5) is 14.1. The largest absolute Gasteiger partial charge is 0.378 e. The zero-order valence-corrected chi connectivity index (χ0v) is 13.1. The topological polar surface area (TPSA) is 41.6 Å². The molecule has 0 saturated carbocycles. The zero-order chi connectivity index (χ0) is 14.4. The lowest BCUT2D eigenvalue weighted by Gasteiger charge is -2.35. The van der Waals surface area contributed by atoms with E-state index in [0.29, 0.717) is 12.0 Å². The molecular weight excluding hydrogens is 252 g/mol. The number of nitrogens with one attached hydrogen (secondary N) is 1. The second-order valence-corrected chi connectivity index (χ2v) is 6.55. The first-order valence-corrected chi connectivity index (χ1v) is 8.31. The summed E-state index contributed by atoms with van der Waals surface area (Å²) in [5, 5.41) is 3.06. The SMILES string of the molecule is C[C@@H]1CCN(C(=O)NCCC[C@H]2CCCCO2)C[C@H]1C. The van der Waals surface area contributed by atoms with E-state index in [4.69, 9.17) is 4.74 Å². The van der Waals surface area contributed by atoms with Crippen LogP contribution >= 0.6 is 0 Å². The molecule has 0 bridgehead atoms. The molecule has 3 atom stereocenters. The molecule has 2 amide bonds. The Balaban J connectivity index is 1.58. The van der Waals surface area contributed by atoms with Gasteiger partial charge < -0.3 is 15.0 Å². The van der Waals surface area contributed by atoms with E-state index in [1.165, 1.54) is 19.3 Å². The van der Waals surface area contributed by atoms with Crippen molar-refractivity contribution in [2.24, 2.45) is 11.8 Å². The van der Waals surface area contributed by atoms with E-state index in [2.05, 4.69) is 19.2 Å². The number of urea groups is 1. The van der Waals surface area contributed by atoms with Crippen molar-refractivity contribution in [2.75, 3.05) is 26.2 Å². The average molecular weight is 282 g/mol. The second kappa shape index (κ2) is 7.87.